The first kappa shape index (κ1) is 26.1. The maximum absolute atomic E-state index is 10.8. The summed E-state index contributed by atoms with van der Waals surface area (Å²) in [5, 5.41) is 8.91. The summed E-state index contributed by atoms with van der Waals surface area (Å²) in [7, 11) is 3.79. The Morgan fingerprint density at radius 2 is 1.46 bits per heavy atom. The van der Waals surface area contributed by atoms with E-state index in [2.05, 4.69) is 10.2 Å². The molecule has 0 aliphatic heterocycles. The van der Waals surface area contributed by atoms with E-state index in [1.54, 1.807) is 6.21 Å². The zero-order valence-electron chi connectivity index (χ0n) is 20.5. The van der Waals surface area contributed by atoms with E-state index in [1.165, 1.54) is 0 Å². The predicted octanol–water partition coefficient (Wildman–Crippen LogP) is 2.91. The second-order valence-corrected chi connectivity index (χ2v) is 10.1. The van der Waals surface area contributed by atoms with Crippen LogP contribution >= 0.6 is 0 Å². The molecular formula is C26H31N5O3S. The summed E-state index contributed by atoms with van der Waals surface area (Å²) in [5.41, 5.74) is 5.66. The van der Waals surface area contributed by atoms with Gasteiger partial charge in [-0.3, -0.25) is 0 Å². The van der Waals surface area contributed by atoms with E-state index in [9.17, 15) is 13.0 Å². The van der Waals surface area contributed by atoms with E-state index in [0.717, 1.165) is 33.8 Å². The molecule has 184 valence electrons. The fraction of sp³-hybridized carbons (Fsp3) is 0.269. The first-order valence-electron chi connectivity index (χ1n) is 11.2. The number of aromatic nitrogens is 1. The second kappa shape index (κ2) is 11.7. The van der Waals surface area contributed by atoms with Crippen LogP contribution in [0.2, 0.25) is 0 Å². The molecule has 0 amide bonds. The molecule has 1 aromatic heterocycles. The average Bonchev–Trinajstić information content (AvgIpc) is 2.81. The Kier molecular flexibility index (Phi) is 8.73. The monoisotopic (exact) mass is 493 g/mol. The molecule has 0 fully saturated rings. The summed E-state index contributed by atoms with van der Waals surface area (Å²) in [6, 6.07) is 20.0. The van der Waals surface area contributed by atoms with Gasteiger partial charge in [-0.25, -0.2) is 13.0 Å². The van der Waals surface area contributed by atoms with Crippen molar-refractivity contribution in [2.45, 2.75) is 13.0 Å². The van der Waals surface area contributed by atoms with Gasteiger partial charge >= 0.3 is 0 Å². The van der Waals surface area contributed by atoms with Gasteiger partial charge in [0.05, 0.1) is 21.9 Å². The summed E-state index contributed by atoms with van der Waals surface area (Å²) < 4.78 is 34.3. The number of benzene rings is 2. The van der Waals surface area contributed by atoms with Crippen LogP contribution in [0.1, 0.15) is 23.1 Å². The van der Waals surface area contributed by atoms with Crippen molar-refractivity contribution in [3.05, 3.63) is 89.7 Å². The van der Waals surface area contributed by atoms with Crippen molar-refractivity contribution in [3.63, 3.8) is 0 Å². The first-order chi connectivity index (χ1) is 16.6. The Morgan fingerprint density at radius 1 is 0.914 bits per heavy atom. The van der Waals surface area contributed by atoms with E-state index in [0.29, 0.717) is 6.54 Å². The predicted molar refractivity (Wildman–Crippen MR) is 141 cm³/mol. The number of aryl methyl sites for hydroxylation is 1. The van der Waals surface area contributed by atoms with Crippen molar-refractivity contribution < 1.29 is 17.5 Å². The van der Waals surface area contributed by atoms with Crippen LogP contribution in [0.15, 0.2) is 83.3 Å². The van der Waals surface area contributed by atoms with Crippen LogP contribution in [0.4, 0.5) is 11.4 Å². The van der Waals surface area contributed by atoms with Crippen LogP contribution in [0.3, 0.4) is 0 Å². The van der Waals surface area contributed by atoms with Crippen LogP contribution in [-0.4, -0.2) is 58.8 Å². The molecule has 0 bridgehead atoms. The molecule has 0 spiro atoms. The molecule has 0 aliphatic carbocycles. The molecule has 1 heterocycles. The number of nitrogens with zero attached hydrogens (tertiary/aromatic N) is 5. The molecule has 0 atom stereocenters. The normalized spacial score (nSPS) is 11.5. The summed E-state index contributed by atoms with van der Waals surface area (Å²) in [5.74, 6) is -0.384. The summed E-state index contributed by atoms with van der Waals surface area (Å²) >= 11 is 0. The molecule has 35 heavy (non-hydrogen) atoms. The Labute approximate surface area is 207 Å². The van der Waals surface area contributed by atoms with Crippen LogP contribution in [-0.2, 0) is 16.7 Å². The van der Waals surface area contributed by atoms with Gasteiger partial charge in [-0.05, 0) is 30.3 Å². The van der Waals surface area contributed by atoms with Gasteiger partial charge in [0.2, 0.25) is 0 Å². The summed E-state index contributed by atoms with van der Waals surface area (Å²) in [6.07, 6.45) is 5.57. The van der Waals surface area contributed by atoms with Gasteiger partial charge < -0.3 is 14.4 Å². The lowest BCUT2D eigenvalue weighted by Gasteiger charge is -2.15. The van der Waals surface area contributed by atoms with Crippen molar-refractivity contribution in [1.29, 1.82) is 0 Å². The molecule has 0 aliphatic rings. The van der Waals surface area contributed by atoms with E-state index < -0.39 is 10.1 Å². The molecule has 3 rings (SSSR count). The van der Waals surface area contributed by atoms with Crippen LogP contribution < -0.4 is 14.4 Å². The summed E-state index contributed by atoms with van der Waals surface area (Å²) in [4.78, 5) is 4.09. The number of pyridine rings is 1. The van der Waals surface area contributed by atoms with Gasteiger partial charge in [0.1, 0.15) is 12.3 Å². The number of hydrogen-bond donors (Lipinski definition) is 0. The zero-order valence-corrected chi connectivity index (χ0v) is 21.3. The smallest absolute Gasteiger partial charge is 0.177 e. The quantitative estimate of drug-likeness (QED) is 0.187. The molecule has 0 saturated heterocycles. The highest BCUT2D eigenvalue weighted by atomic mass is 32.2. The third-order valence-corrected chi connectivity index (χ3v) is 6.16. The third kappa shape index (κ3) is 8.01. The van der Waals surface area contributed by atoms with Crippen molar-refractivity contribution in [2.75, 3.05) is 43.7 Å². The highest BCUT2D eigenvalue weighted by Gasteiger charge is 2.09. The topological polar surface area (TPSA) is 92.3 Å². The van der Waals surface area contributed by atoms with Gasteiger partial charge in [0.15, 0.2) is 12.4 Å². The number of rotatable bonds is 10. The van der Waals surface area contributed by atoms with Crippen molar-refractivity contribution >= 4 is 33.4 Å². The Morgan fingerprint density at radius 3 is 1.94 bits per heavy atom. The number of hydrogen-bond acceptors (Lipinski definition) is 7. The minimum Gasteiger partial charge on any atom is -0.748 e. The molecule has 3 aromatic rings. The molecule has 0 saturated carbocycles. The molecular weight excluding hydrogens is 462 g/mol. The molecule has 2 aromatic carbocycles. The van der Waals surface area contributed by atoms with Crippen LogP contribution in [0.5, 0.6) is 0 Å². The highest BCUT2D eigenvalue weighted by Crippen LogP contribution is 2.19. The van der Waals surface area contributed by atoms with Crippen molar-refractivity contribution in [2.24, 2.45) is 10.2 Å². The Balaban J connectivity index is 1.87. The van der Waals surface area contributed by atoms with E-state index in [1.807, 2.05) is 116 Å². The molecule has 9 heteroatoms. The van der Waals surface area contributed by atoms with E-state index >= 15 is 0 Å². The van der Waals surface area contributed by atoms with Crippen LogP contribution in [0, 0.1) is 0 Å². The highest BCUT2D eigenvalue weighted by molar-refractivity contribution is 7.85. The largest absolute Gasteiger partial charge is 0.748 e. The minimum absolute atomic E-state index is 0.255. The first-order valence-corrected chi connectivity index (χ1v) is 12.8. The SMILES string of the molecule is CN(C)c1ccc(C(=NN=Cc2ccc[n+](CCCS(=O)(=O)[O-])c2)c2ccc(N(C)C)cc2)cc1. The molecule has 8 nitrogen and oxygen atoms in total. The molecule has 0 unspecified atom stereocenters. The van der Waals surface area contributed by atoms with Crippen LogP contribution in [0.25, 0.3) is 0 Å². The Hall–Kier alpha value is -3.56. The lowest BCUT2D eigenvalue weighted by Crippen LogP contribution is -2.34. The third-order valence-electron chi connectivity index (χ3n) is 5.37. The standard InChI is InChI=1S/C26H31N5O3S/c1-29(2)24-12-8-22(9-13-24)26(23-10-14-25(15-11-23)30(3)4)28-27-19-21-7-5-16-31(20-21)17-6-18-35(32,33)34/h5,7-16,19-20H,6,17-18H2,1-4H3. The maximum atomic E-state index is 10.8. The molecule has 0 radical (unpaired) electrons. The average molecular weight is 494 g/mol. The van der Waals surface area contributed by atoms with E-state index in [-0.39, 0.29) is 12.2 Å². The van der Waals surface area contributed by atoms with E-state index in [4.69, 9.17) is 0 Å². The fourth-order valence-corrected chi connectivity index (χ4v) is 3.93. The Bertz CT molecular complexity index is 1230. The van der Waals surface area contributed by atoms with Gasteiger partial charge in [-0.2, -0.15) is 5.10 Å². The lowest BCUT2D eigenvalue weighted by molar-refractivity contribution is -0.696. The van der Waals surface area contributed by atoms with Gasteiger partial charge in [-0.1, -0.05) is 24.3 Å². The fourth-order valence-electron chi connectivity index (χ4n) is 3.45. The second-order valence-electron chi connectivity index (χ2n) is 8.57. The van der Waals surface area contributed by atoms with Crippen molar-refractivity contribution in [3.8, 4) is 0 Å². The maximum Gasteiger partial charge on any atom is 0.177 e. The van der Waals surface area contributed by atoms with Gasteiger partial charge in [0, 0.05) is 68.9 Å². The van der Waals surface area contributed by atoms with Crippen molar-refractivity contribution in [1.82, 2.24) is 0 Å². The summed E-state index contributed by atoms with van der Waals surface area (Å²) in [6.45, 7) is 0.425. The lowest BCUT2D eigenvalue weighted by atomic mass is 10.0. The minimum atomic E-state index is -4.21. The zero-order chi connectivity index (χ0) is 25.4. The van der Waals surface area contributed by atoms with Gasteiger partial charge in [-0.15, -0.1) is 5.10 Å². The number of anilines is 2. The molecule has 0 N–H and O–H groups in total. The van der Waals surface area contributed by atoms with Gasteiger partial charge in [0.25, 0.3) is 0 Å².